The number of hydrogen-bond acceptors (Lipinski definition) is 3. The highest BCUT2D eigenvalue weighted by Gasteiger charge is 2.10. The van der Waals surface area contributed by atoms with Gasteiger partial charge in [0, 0.05) is 16.6 Å². The first-order valence-electron chi connectivity index (χ1n) is 5.49. The number of benzene rings is 1. The lowest BCUT2D eigenvalue weighted by atomic mass is 10.1. The maximum Gasteiger partial charge on any atom is 0.305 e. The Morgan fingerprint density at radius 3 is 2.94 bits per heavy atom. The highest BCUT2D eigenvalue weighted by molar-refractivity contribution is 5.85. The Bertz CT molecular complexity index is 557. The second-order valence-electron chi connectivity index (χ2n) is 4.03. The van der Waals surface area contributed by atoms with E-state index in [4.69, 9.17) is 0 Å². The fourth-order valence-electron chi connectivity index (χ4n) is 1.95. The molecule has 0 unspecified atom stereocenters. The van der Waals surface area contributed by atoms with Crippen molar-refractivity contribution in [2.24, 2.45) is 0 Å². The molecular formula is C13H15NO3. The van der Waals surface area contributed by atoms with Gasteiger partial charge in [0.25, 0.3) is 0 Å². The van der Waals surface area contributed by atoms with Crippen LogP contribution in [0.3, 0.4) is 0 Å². The van der Waals surface area contributed by atoms with E-state index in [-0.39, 0.29) is 11.7 Å². The van der Waals surface area contributed by atoms with Crippen molar-refractivity contribution in [2.45, 2.75) is 19.8 Å². The molecule has 0 atom stereocenters. The summed E-state index contributed by atoms with van der Waals surface area (Å²) in [6, 6.07) is 5.20. The van der Waals surface area contributed by atoms with Gasteiger partial charge in [-0.3, -0.25) is 4.79 Å². The summed E-state index contributed by atoms with van der Waals surface area (Å²) in [6.07, 6.45) is 0.976. The summed E-state index contributed by atoms with van der Waals surface area (Å²) in [6.45, 7) is 1.98. The van der Waals surface area contributed by atoms with Gasteiger partial charge in [0.15, 0.2) is 0 Å². The number of carbonyl (C=O) groups is 1. The number of carbonyl (C=O) groups excluding carboxylic acids is 1. The molecule has 4 heteroatoms. The number of aromatic hydroxyl groups is 1. The van der Waals surface area contributed by atoms with Crippen molar-refractivity contribution in [2.75, 3.05) is 7.11 Å². The molecule has 17 heavy (non-hydrogen) atoms. The molecule has 0 saturated heterocycles. The van der Waals surface area contributed by atoms with Crippen molar-refractivity contribution < 1.29 is 14.6 Å². The van der Waals surface area contributed by atoms with Gasteiger partial charge in [0.1, 0.15) is 5.75 Å². The van der Waals surface area contributed by atoms with Gasteiger partial charge < -0.3 is 14.8 Å². The Labute approximate surface area is 99.2 Å². The topological polar surface area (TPSA) is 62.3 Å². The van der Waals surface area contributed by atoms with E-state index in [1.54, 1.807) is 12.1 Å². The van der Waals surface area contributed by atoms with E-state index in [1.165, 1.54) is 7.11 Å². The highest BCUT2D eigenvalue weighted by Crippen LogP contribution is 2.26. The number of nitrogens with one attached hydrogen (secondary N) is 1. The maximum absolute atomic E-state index is 11.1. The minimum Gasteiger partial charge on any atom is -0.508 e. The van der Waals surface area contributed by atoms with Gasteiger partial charge in [-0.05, 0) is 37.1 Å². The second-order valence-corrected chi connectivity index (χ2v) is 4.03. The van der Waals surface area contributed by atoms with E-state index >= 15 is 0 Å². The monoisotopic (exact) mass is 233 g/mol. The first-order chi connectivity index (χ1) is 8.11. The van der Waals surface area contributed by atoms with Crippen LogP contribution in [-0.4, -0.2) is 23.2 Å². The van der Waals surface area contributed by atoms with Crippen LogP contribution in [0.2, 0.25) is 0 Å². The predicted molar refractivity (Wildman–Crippen MR) is 65.0 cm³/mol. The van der Waals surface area contributed by atoms with Crippen LogP contribution in [0.25, 0.3) is 10.9 Å². The average Bonchev–Trinajstić information content (AvgIpc) is 2.63. The smallest absolute Gasteiger partial charge is 0.305 e. The zero-order valence-corrected chi connectivity index (χ0v) is 9.91. The predicted octanol–water partition coefficient (Wildman–Crippen LogP) is 2.29. The van der Waals surface area contributed by atoms with E-state index in [1.807, 2.05) is 13.0 Å². The lowest BCUT2D eigenvalue weighted by molar-refractivity contribution is -0.140. The van der Waals surface area contributed by atoms with Crippen LogP contribution in [0.5, 0.6) is 5.75 Å². The molecule has 2 aromatic rings. The van der Waals surface area contributed by atoms with Crippen molar-refractivity contribution >= 4 is 16.9 Å². The fourth-order valence-corrected chi connectivity index (χ4v) is 1.95. The lowest BCUT2D eigenvalue weighted by Gasteiger charge is -1.99. The molecule has 0 fully saturated rings. The molecule has 0 aliphatic carbocycles. The Hall–Kier alpha value is -1.97. The SMILES string of the molecule is COC(=O)CCc1[nH]c2ccc(O)cc2c1C. The molecule has 4 nitrogen and oxygen atoms in total. The number of aryl methyl sites for hydroxylation is 2. The fraction of sp³-hybridized carbons (Fsp3) is 0.308. The molecule has 2 N–H and O–H groups in total. The molecule has 0 aliphatic heterocycles. The third kappa shape index (κ3) is 2.25. The van der Waals surface area contributed by atoms with Crippen LogP contribution >= 0.6 is 0 Å². The largest absolute Gasteiger partial charge is 0.508 e. The summed E-state index contributed by atoms with van der Waals surface area (Å²) >= 11 is 0. The summed E-state index contributed by atoms with van der Waals surface area (Å²) in [5, 5.41) is 10.4. The number of H-pyrrole nitrogens is 1. The Kier molecular flexibility index (Phi) is 3.04. The van der Waals surface area contributed by atoms with Gasteiger partial charge in [-0.25, -0.2) is 0 Å². The molecule has 0 amide bonds. The van der Waals surface area contributed by atoms with Crippen molar-refractivity contribution in [3.63, 3.8) is 0 Å². The van der Waals surface area contributed by atoms with Crippen molar-refractivity contribution in [3.05, 3.63) is 29.5 Å². The number of aromatic amines is 1. The second kappa shape index (κ2) is 4.49. The first kappa shape index (κ1) is 11.5. The molecule has 0 aliphatic rings. The lowest BCUT2D eigenvalue weighted by Crippen LogP contribution is -2.02. The summed E-state index contributed by atoms with van der Waals surface area (Å²) in [4.78, 5) is 14.3. The third-order valence-corrected chi connectivity index (χ3v) is 2.95. The van der Waals surface area contributed by atoms with Gasteiger partial charge in [0.05, 0.1) is 13.5 Å². The van der Waals surface area contributed by atoms with E-state index in [9.17, 15) is 9.90 Å². The standard InChI is InChI=1S/C13H15NO3/c1-8-10-7-9(15)3-4-12(10)14-11(8)5-6-13(16)17-2/h3-4,7,14-15H,5-6H2,1-2H3. The Morgan fingerprint density at radius 1 is 1.47 bits per heavy atom. The number of ether oxygens (including phenoxy) is 1. The van der Waals surface area contributed by atoms with Crippen LogP contribution < -0.4 is 0 Å². The number of phenolic OH excluding ortho intramolecular Hbond substituents is 1. The maximum atomic E-state index is 11.1. The van der Waals surface area contributed by atoms with Crippen LogP contribution in [0, 0.1) is 6.92 Å². The van der Waals surface area contributed by atoms with Crippen LogP contribution in [0.15, 0.2) is 18.2 Å². The summed E-state index contributed by atoms with van der Waals surface area (Å²) in [5.74, 6) is 0.0324. The summed E-state index contributed by atoms with van der Waals surface area (Å²) in [7, 11) is 1.39. The van der Waals surface area contributed by atoms with Crippen molar-refractivity contribution in [3.8, 4) is 5.75 Å². The minimum atomic E-state index is -0.217. The van der Waals surface area contributed by atoms with E-state index in [0.29, 0.717) is 12.8 Å². The van der Waals surface area contributed by atoms with E-state index < -0.39 is 0 Å². The van der Waals surface area contributed by atoms with Gasteiger partial charge in [-0.2, -0.15) is 0 Å². The van der Waals surface area contributed by atoms with E-state index in [2.05, 4.69) is 9.72 Å². The quantitative estimate of drug-likeness (QED) is 0.799. The number of hydrogen-bond donors (Lipinski definition) is 2. The van der Waals surface area contributed by atoms with Crippen molar-refractivity contribution in [1.82, 2.24) is 4.98 Å². The van der Waals surface area contributed by atoms with Crippen LogP contribution in [0.1, 0.15) is 17.7 Å². The Balaban J connectivity index is 2.29. The summed E-state index contributed by atoms with van der Waals surface area (Å²) < 4.78 is 4.61. The molecule has 1 aromatic heterocycles. The number of aromatic nitrogens is 1. The number of rotatable bonds is 3. The Morgan fingerprint density at radius 2 is 2.24 bits per heavy atom. The van der Waals surface area contributed by atoms with Crippen LogP contribution in [-0.2, 0) is 16.0 Å². The molecule has 0 radical (unpaired) electrons. The molecule has 1 aromatic carbocycles. The normalized spacial score (nSPS) is 10.7. The zero-order valence-electron chi connectivity index (χ0n) is 9.91. The van der Waals surface area contributed by atoms with Crippen molar-refractivity contribution in [1.29, 1.82) is 0 Å². The molecule has 0 spiro atoms. The highest BCUT2D eigenvalue weighted by atomic mass is 16.5. The number of fused-ring (bicyclic) bond motifs is 1. The number of phenols is 1. The van der Waals surface area contributed by atoms with E-state index in [0.717, 1.165) is 22.2 Å². The van der Waals surface area contributed by atoms with Gasteiger partial charge in [-0.15, -0.1) is 0 Å². The zero-order chi connectivity index (χ0) is 12.4. The molecule has 1 heterocycles. The van der Waals surface area contributed by atoms with Gasteiger partial charge in [0.2, 0.25) is 0 Å². The number of esters is 1. The molecule has 0 saturated carbocycles. The van der Waals surface area contributed by atoms with Crippen LogP contribution in [0.4, 0.5) is 0 Å². The molecule has 90 valence electrons. The molecule has 0 bridgehead atoms. The minimum absolute atomic E-state index is 0.217. The molecular weight excluding hydrogens is 218 g/mol. The molecule has 2 rings (SSSR count). The average molecular weight is 233 g/mol. The third-order valence-electron chi connectivity index (χ3n) is 2.95. The van der Waals surface area contributed by atoms with Gasteiger partial charge in [-0.1, -0.05) is 0 Å². The first-order valence-corrected chi connectivity index (χ1v) is 5.49. The summed E-state index contributed by atoms with van der Waals surface area (Å²) in [5.41, 5.74) is 3.05. The van der Waals surface area contributed by atoms with Gasteiger partial charge >= 0.3 is 5.97 Å². The number of methoxy groups -OCH3 is 1.